The summed E-state index contributed by atoms with van der Waals surface area (Å²) in [6.45, 7) is 12.0. The molecule has 0 bridgehead atoms. The van der Waals surface area contributed by atoms with E-state index in [0.717, 1.165) is 17.9 Å². The lowest BCUT2D eigenvalue weighted by Crippen LogP contribution is -2.35. The van der Waals surface area contributed by atoms with Crippen molar-refractivity contribution in [3.05, 3.63) is 29.3 Å². The third-order valence-electron chi connectivity index (χ3n) is 2.97. The number of nitrogens with one attached hydrogen (secondary N) is 1. The maximum absolute atomic E-state index is 5.92. The normalized spacial score (nSPS) is 13.4. The number of aryl methyl sites for hydroxylation is 1. The lowest BCUT2D eigenvalue weighted by Gasteiger charge is -2.22. The van der Waals surface area contributed by atoms with E-state index in [1.165, 1.54) is 5.56 Å². The van der Waals surface area contributed by atoms with Crippen molar-refractivity contribution >= 4 is 0 Å². The first kappa shape index (κ1) is 16.0. The zero-order chi connectivity index (χ0) is 14.5. The van der Waals surface area contributed by atoms with Crippen LogP contribution in [0.15, 0.2) is 18.2 Å². The van der Waals surface area contributed by atoms with Crippen molar-refractivity contribution in [1.82, 2.24) is 5.32 Å². The number of methoxy groups -OCH3 is 1. The number of hydrogen-bond donors (Lipinski definition) is 1. The van der Waals surface area contributed by atoms with E-state index in [-0.39, 0.29) is 11.6 Å². The van der Waals surface area contributed by atoms with Crippen LogP contribution in [0, 0.1) is 6.92 Å². The highest BCUT2D eigenvalue weighted by Crippen LogP contribution is 2.24. The van der Waals surface area contributed by atoms with Crippen molar-refractivity contribution in [3.63, 3.8) is 0 Å². The first-order valence-electron chi connectivity index (χ1n) is 6.82. The zero-order valence-electron chi connectivity index (χ0n) is 13.0. The molecule has 1 N–H and O–H groups in total. The number of benzene rings is 1. The minimum absolute atomic E-state index is 0.0981. The van der Waals surface area contributed by atoms with Crippen LogP contribution in [-0.2, 0) is 11.3 Å². The van der Waals surface area contributed by atoms with Crippen molar-refractivity contribution in [3.8, 4) is 5.75 Å². The van der Waals surface area contributed by atoms with E-state index in [0.29, 0.717) is 6.61 Å². The number of ether oxygens (including phenoxy) is 2. The van der Waals surface area contributed by atoms with Gasteiger partial charge >= 0.3 is 0 Å². The lowest BCUT2D eigenvalue weighted by atomic mass is 10.1. The summed E-state index contributed by atoms with van der Waals surface area (Å²) in [7, 11) is 1.70. The second kappa shape index (κ2) is 6.92. The highest BCUT2D eigenvalue weighted by Gasteiger charge is 2.13. The third kappa shape index (κ3) is 5.62. The first-order valence-corrected chi connectivity index (χ1v) is 6.82. The van der Waals surface area contributed by atoms with Gasteiger partial charge < -0.3 is 14.8 Å². The molecule has 0 amide bonds. The molecule has 1 rings (SSSR count). The predicted octanol–water partition coefficient (Wildman–Crippen LogP) is 3.30. The lowest BCUT2D eigenvalue weighted by molar-refractivity contribution is 0.0710. The smallest absolute Gasteiger partial charge is 0.126 e. The zero-order valence-corrected chi connectivity index (χ0v) is 13.0. The second-order valence-corrected chi connectivity index (χ2v) is 6.02. The van der Waals surface area contributed by atoms with E-state index in [9.17, 15) is 0 Å². The molecule has 108 valence electrons. The molecule has 0 aliphatic carbocycles. The molecule has 0 aliphatic rings. The monoisotopic (exact) mass is 265 g/mol. The summed E-state index contributed by atoms with van der Waals surface area (Å²) in [4.78, 5) is 0. The Kier molecular flexibility index (Phi) is 5.83. The molecular formula is C16H27NO2. The van der Waals surface area contributed by atoms with Gasteiger partial charge in [-0.1, -0.05) is 18.2 Å². The molecule has 0 saturated carbocycles. The largest absolute Gasteiger partial charge is 0.490 e. The molecule has 0 spiro atoms. The predicted molar refractivity (Wildman–Crippen MR) is 79.7 cm³/mol. The van der Waals surface area contributed by atoms with Gasteiger partial charge in [-0.25, -0.2) is 0 Å². The third-order valence-corrected chi connectivity index (χ3v) is 2.97. The van der Waals surface area contributed by atoms with Gasteiger partial charge in [0, 0.05) is 24.8 Å². The summed E-state index contributed by atoms with van der Waals surface area (Å²) in [5.74, 6) is 0.975. The van der Waals surface area contributed by atoms with Crippen LogP contribution in [0.2, 0.25) is 0 Å². The fraction of sp³-hybridized carbons (Fsp3) is 0.625. The summed E-state index contributed by atoms with van der Waals surface area (Å²) in [6.07, 6.45) is 0.100. The second-order valence-electron chi connectivity index (χ2n) is 6.02. The number of para-hydroxylation sites is 1. The molecule has 19 heavy (non-hydrogen) atoms. The molecule has 0 saturated heterocycles. The van der Waals surface area contributed by atoms with E-state index in [4.69, 9.17) is 9.47 Å². The van der Waals surface area contributed by atoms with Gasteiger partial charge in [0.25, 0.3) is 0 Å². The molecule has 0 fully saturated rings. The van der Waals surface area contributed by atoms with Crippen molar-refractivity contribution in [2.75, 3.05) is 13.7 Å². The highest BCUT2D eigenvalue weighted by molar-refractivity contribution is 5.40. The van der Waals surface area contributed by atoms with E-state index in [2.05, 4.69) is 51.2 Å². The average Bonchev–Trinajstić information content (AvgIpc) is 2.33. The maximum Gasteiger partial charge on any atom is 0.126 e. The van der Waals surface area contributed by atoms with E-state index in [1.807, 2.05) is 6.92 Å². The molecule has 1 aromatic carbocycles. The number of hydrogen-bond acceptors (Lipinski definition) is 3. The molecule has 0 radical (unpaired) electrons. The standard InChI is InChI=1S/C16H27NO2/c1-12-8-7-9-14(10-17-16(3,4)5)15(12)19-11-13(2)18-6/h7-9,13,17H,10-11H2,1-6H3. The molecule has 0 aromatic heterocycles. The fourth-order valence-corrected chi connectivity index (χ4v) is 1.69. The molecule has 3 heteroatoms. The maximum atomic E-state index is 5.92. The quantitative estimate of drug-likeness (QED) is 0.856. The van der Waals surface area contributed by atoms with Gasteiger partial charge in [-0.2, -0.15) is 0 Å². The summed E-state index contributed by atoms with van der Waals surface area (Å²) in [6, 6.07) is 6.26. The molecule has 0 aliphatic heterocycles. The summed E-state index contributed by atoms with van der Waals surface area (Å²) >= 11 is 0. The average molecular weight is 265 g/mol. The Labute approximate surface area is 117 Å². The topological polar surface area (TPSA) is 30.5 Å². The Morgan fingerprint density at radius 1 is 1.26 bits per heavy atom. The van der Waals surface area contributed by atoms with Crippen LogP contribution >= 0.6 is 0 Å². The van der Waals surface area contributed by atoms with Crippen LogP contribution in [0.1, 0.15) is 38.8 Å². The van der Waals surface area contributed by atoms with Gasteiger partial charge in [-0.05, 0) is 40.2 Å². The first-order chi connectivity index (χ1) is 8.83. The Balaban J connectivity index is 2.77. The van der Waals surface area contributed by atoms with Gasteiger partial charge in [0.15, 0.2) is 0 Å². The van der Waals surface area contributed by atoms with E-state index >= 15 is 0 Å². The highest BCUT2D eigenvalue weighted by atomic mass is 16.5. The molecular weight excluding hydrogens is 238 g/mol. The Morgan fingerprint density at radius 3 is 2.53 bits per heavy atom. The molecule has 0 heterocycles. The Morgan fingerprint density at radius 2 is 1.95 bits per heavy atom. The van der Waals surface area contributed by atoms with Crippen LogP contribution < -0.4 is 10.1 Å². The van der Waals surface area contributed by atoms with Crippen LogP contribution in [-0.4, -0.2) is 25.4 Å². The van der Waals surface area contributed by atoms with Gasteiger partial charge in [-0.15, -0.1) is 0 Å². The fourth-order valence-electron chi connectivity index (χ4n) is 1.69. The number of rotatable bonds is 6. The van der Waals surface area contributed by atoms with E-state index in [1.54, 1.807) is 7.11 Å². The van der Waals surface area contributed by atoms with Gasteiger partial charge in [0.2, 0.25) is 0 Å². The minimum Gasteiger partial charge on any atom is -0.490 e. The van der Waals surface area contributed by atoms with Crippen LogP contribution in [0.25, 0.3) is 0 Å². The molecule has 1 aromatic rings. The minimum atomic E-state index is 0.0981. The van der Waals surface area contributed by atoms with Gasteiger partial charge in [0.1, 0.15) is 12.4 Å². The van der Waals surface area contributed by atoms with Crippen LogP contribution in [0.5, 0.6) is 5.75 Å². The van der Waals surface area contributed by atoms with Crippen molar-refractivity contribution in [2.24, 2.45) is 0 Å². The summed E-state index contributed by atoms with van der Waals surface area (Å²) in [5.41, 5.74) is 2.45. The Bertz CT molecular complexity index is 396. The molecule has 3 nitrogen and oxygen atoms in total. The molecule has 1 atom stereocenters. The van der Waals surface area contributed by atoms with Crippen molar-refractivity contribution < 1.29 is 9.47 Å². The SMILES string of the molecule is COC(C)COc1c(C)cccc1CNC(C)(C)C. The van der Waals surface area contributed by atoms with Crippen LogP contribution in [0.3, 0.4) is 0 Å². The van der Waals surface area contributed by atoms with Crippen LogP contribution in [0.4, 0.5) is 0 Å². The van der Waals surface area contributed by atoms with Crippen molar-refractivity contribution in [1.29, 1.82) is 0 Å². The molecule has 1 unspecified atom stereocenters. The van der Waals surface area contributed by atoms with Crippen molar-refractivity contribution in [2.45, 2.75) is 52.8 Å². The van der Waals surface area contributed by atoms with Gasteiger partial charge in [-0.3, -0.25) is 0 Å². The Hall–Kier alpha value is -1.06. The summed E-state index contributed by atoms with van der Waals surface area (Å²) in [5, 5.41) is 3.50. The van der Waals surface area contributed by atoms with E-state index < -0.39 is 0 Å². The summed E-state index contributed by atoms with van der Waals surface area (Å²) < 4.78 is 11.1. The van der Waals surface area contributed by atoms with Gasteiger partial charge in [0.05, 0.1) is 6.10 Å².